The summed E-state index contributed by atoms with van der Waals surface area (Å²) in [4.78, 5) is 24.5. The fraction of sp³-hybridized carbons (Fsp3) is 0.294. The number of ketones is 1. The van der Waals surface area contributed by atoms with Crippen molar-refractivity contribution in [1.82, 2.24) is 0 Å². The van der Waals surface area contributed by atoms with Crippen LogP contribution in [0.25, 0.3) is 0 Å². The van der Waals surface area contributed by atoms with Gasteiger partial charge in [-0.05, 0) is 38.5 Å². The fourth-order valence-electron chi connectivity index (χ4n) is 2.66. The summed E-state index contributed by atoms with van der Waals surface area (Å²) in [5, 5.41) is 0. The number of benzene rings is 1. The topological polar surface area (TPSA) is 78.6 Å². The molecular formula is C17H18BrNO4. The SMILES string of the molecule is CCOC(=O)C1=C(N)OC(C)=C(C(C)=O)[C@@H]1c1cccc(Br)c1. The highest BCUT2D eigenvalue weighted by Crippen LogP contribution is 2.40. The smallest absolute Gasteiger partial charge is 0.340 e. The van der Waals surface area contributed by atoms with Gasteiger partial charge in [0.1, 0.15) is 11.3 Å². The number of Topliss-reactive ketones (excluding diaryl/α,β-unsaturated/α-hetero) is 1. The van der Waals surface area contributed by atoms with E-state index in [2.05, 4.69) is 15.9 Å². The molecule has 1 aromatic carbocycles. The lowest BCUT2D eigenvalue weighted by molar-refractivity contribution is -0.139. The van der Waals surface area contributed by atoms with Gasteiger partial charge in [-0.1, -0.05) is 28.1 Å². The first-order chi connectivity index (χ1) is 10.9. The number of hydrogen-bond acceptors (Lipinski definition) is 5. The highest BCUT2D eigenvalue weighted by molar-refractivity contribution is 9.10. The van der Waals surface area contributed by atoms with Crippen molar-refractivity contribution in [3.8, 4) is 0 Å². The summed E-state index contributed by atoms with van der Waals surface area (Å²) in [6, 6.07) is 7.38. The molecule has 0 unspecified atom stereocenters. The number of carbonyl (C=O) groups is 2. The van der Waals surface area contributed by atoms with Gasteiger partial charge in [0.25, 0.3) is 0 Å². The molecule has 0 saturated carbocycles. The van der Waals surface area contributed by atoms with Crippen LogP contribution in [0.3, 0.4) is 0 Å². The van der Waals surface area contributed by atoms with Gasteiger partial charge in [0, 0.05) is 10.0 Å². The van der Waals surface area contributed by atoms with E-state index >= 15 is 0 Å². The first kappa shape index (κ1) is 17.3. The van der Waals surface area contributed by atoms with Crippen LogP contribution in [0.2, 0.25) is 0 Å². The molecule has 0 spiro atoms. The molecule has 1 heterocycles. The van der Waals surface area contributed by atoms with Crippen LogP contribution in [0.4, 0.5) is 0 Å². The molecule has 0 aliphatic carbocycles. The Morgan fingerprint density at radius 1 is 1.35 bits per heavy atom. The quantitative estimate of drug-likeness (QED) is 0.812. The third-order valence-corrected chi connectivity index (χ3v) is 4.04. The van der Waals surface area contributed by atoms with Crippen LogP contribution in [0.15, 0.2) is 51.5 Å². The summed E-state index contributed by atoms with van der Waals surface area (Å²) in [6.45, 7) is 5.02. The van der Waals surface area contributed by atoms with Crippen molar-refractivity contribution >= 4 is 27.7 Å². The van der Waals surface area contributed by atoms with Crippen molar-refractivity contribution in [1.29, 1.82) is 0 Å². The molecule has 0 bridgehead atoms. The number of ether oxygens (including phenoxy) is 2. The van der Waals surface area contributed by atoms with Crippen molar-refractivity contribution in [3.05, 3.63) is 57.1 Å². The van der Waals surface area contributed by atoms with Gasteiger partial charge in [-0.15, -0.1) is 0 Å². The molecule has 0 fully saturated rings. The van der Waals surface area contributed by atoms with Crippen molar-refractivity contribution < 1.29 is 19.1 Å². The zero-order valence-electron chi connectivity index (χ0n) is 13.2. The fourth-order valence-corrected chi connectivity index (χ4v) is 3.08. The van der Waals surface area contributed by atoms with Gasteiger partial charge < -0.3 is 15.2 Å². The number of halogens is 1. The Hall–Kier alpha value is -2.08. The maximum atomic E-state index is 12.4. The van der Waals surface area contributed by atoms with Crippen LogP contribution in [0, 0.1) is 0 Å². The lowest BCUT2D eigenvalue weighted by atomic mass is 9.81. The zero-order valence-corrected chi connectivity index (χ0v) is 14.8. The third kappa shape index (κ3) is 3.47. The number of rotatable bonds is 4. The Kier molecular flexibility index (Phi) is 5.26. The van der Waals surface area contributed by atoms with E-state index in [0.29, 0.717) is 11.3 Å². The minimum Gasteiger partial charge on any atom is -0.462 e. The number of esters is 1. The van der Waals surface area contributed by atoms with Crippen LogP contribution in [0.1, 0.15) is 32.3 Å². The molecule has 0 radical (unpaired) electrons. The van der Waals surface area contributed by atoms with Crippen LogP contribution in [-0.4, -0.2) is 18.4 Å². The Balaban J connectivity index is 2.65. The van der Waals surface area contributed by atoms with E-state index in [1.165, 1.54) is 6.92 Å². The molecule has 2 rings (SSSR count). The maximum Gasteiger partial charge on any atom is 0.340 e. The highest BCUT2D eigenvalue weighted by atomic mass is 79.9. The minimum absolute atomic E-state index is 0.0316. The standard InChI is InChI=1S/C17H18BrNO4/c1-4-22-17(21)15-14(11-6-5-7-12(18)8-11)13(9(2)20)10(3)23-16(15)19/h5-8,14H,4,19H2,1-3H3/t14-/m0/s1. The van der Waals surface area contributed by atoms with E-state index in [1.807, 2.05) is 24.3 Å². The van der Waals surface area contributed by atoms with Crippen molar-refractivity contribution in [3.63, 3.8) is 0 Å². The van der Waals surface area contributed by atoms with E-state index in [9.17, 15) is 9.59 Å². The molecule has 0 saturated heterocycles. The number of allylic oxidation sites excluding steroid dienone is 2. The van der Waals surface area contributed by atoms with E-state index < -0.39 is 11.9 Å². The summed E-state index contributed by atoms with van der Waals surface area (Å²) in [5.41, 5.74) is 7.25. The predicted molar refractivity (Wildman–Crippen MR) is 89.2 cm³/mol. The molecule has 0 amide bonds. The Bertz CT molecular complexity index is 721. The molecule has 23 heavy (non-hydrogen) atoms. The first-order valence-electron chi connectivity index (χ1n) is 7.18. The number of hydrogen-bond donors (Lipinski definition) is 1. The Morgan fingerprint density at radius 3 is 2.61 bits per heavy atom. The second-order valence-corrected chi connectivity index (χ2v) is 6.03. The van der Waals surface area contributed by atoms with Gasteiger partial charge in [-0.3, -0.25) is 4.79 Å². The van der Waals surface area contributed by atoms with Gasteiger partial charge in [0.15, 0.2) is 5.78 Å². The highest BCUT2D eigenvalue weighted by Gasteiger charge is 2.37. The summed E-state index contributed by atoms with van der Waals surface area (Å²) < 4.78 is 11.4. The lowest BCUT2D eigenvalue weighted by Crippen LogP contribution is -2.28. The van der Waals surface area contributed by atoms with Crippen LogP contribution >= 0.6 is 15.9 Å². The second-order valence-electron chi connectivity index (χ2n) is 5.11. The van der Waals surface area contributed by atoms with Crippen LogP contribution in [-0.2, 0) is 19.1 Å². The molecule has 5 nitrogen and oxygen atoms in total. The Labute approximate surface area is 143 Å². The van der Waals surface area contributed by atoms with Crippen LogP contribution < -0.4 is 5.73 Å². The summed E-state index contributed by atoms with van der Waals surface area (Å²) in [7, 11) is 0. The van der Waals surface area contributed by atoms with Gasteiger partial charge in [0.2, 0.25) is 5.88 Å². The van der Waals surface area contributed by atoms with Gasteiger partial charge in [-0.25, -0.2) is 4.79 Å². The van der Waals surface area contributed by atoms with Crippen molar-refractivity contribution in [2.45, 2.75) is 26.7 Å². The number of nitrogens with two attached hydrogens (primary N) is 1. The largest absolute Gasteiger partial charge is 0.462 e. The van der Waals surface area contributed by atoms with Gasteiger partial charge in [0.05, 0.1) is 12.5 Å². The van der Waals surface area contributed by atoms with Crippen LogP contribution in [0.5, 0.6) is 0 Å². The molecule has 1 aliphatic rings. The maximum absolute atomic E-state index is 12.4. The van der Waals surface area contributed by atoms with Crippen molar-refractivity contribution in [2.24, 2.45) is 5.73 Å². The van der Waals surface area contributed by atoms with E-state index in [0.717, 1.165) is 10.0 Å². The molecular weight excluding hydrogens is 362 g/mol. The summed E-state index contributed by atoms with van der Waals surface area (Å²) in [6.07, 6.45) is 0. The molecule has 0 aromatic heterocycles. The first-order valence-corrected chi connectivity index (χ1v) is 7.97. The molecule has 1 atom stereocenters. The zero-order chi connectivity index (χ0) is 17.1. The minimum atomic E-state index is -0.613. The monoisotopic (exact) mass is 379 g/mol. The predicted octanol–water partition coefficient (Wildman–Crippen LogP) is 3.16. The van der Waals surface area contributed by atoms with Crippen molar-refractivity contribution in [2.75, 3.05) is 6.61 Å². The lowest BCUT2D eigenvalue weighted by Gasteiger charge is -2.28. The second kappa shape index (κ2) is 7.00. The molecule has 1 aliphatic heterocycles. The molecule has 122 valence electrons. The number of carbonyl (C=O) groups excluding carboxylic acids is 2. The molecule has 6 heteroatoms. The molecule has 1 aromatic rings. The summed E-state index contributed by atoms with van der Waals surface area (Å²) in [5.74, 6) is -1.01. The normalized spacial score (nSPS) is 17.8. The van der Waals surface area contributed by atoms with E-state index in [1.54, 1.807) is 13.8 Å². The average molecular weight is 380 g/mol. The van der Waals surface area contributed by atoms with E-state index in [4.69, 9.17) is 15.2 Å². The third-order valence-electron chi connectivity index (χ3n) is 3.54. The Morgan fingerprint density at radius 2 is 2.04 bits per heavy atom. The van der Waals surface area contributed by atoms with Gasteiger partial charge >= 0.3 is 5.97 Å². The van der Waals surface area contributed by atoms with E-state index in [-0.39, 0.29) is 23.8 Å². The average Bonchev–Trinajstić information content (AvgIpc) is 2.46. The summed E-state index contributed by atoms with van der Waals surface area (Å²) >= 11 is 3.41. The van der Waals surface area contributed by atoms with Gasteiger partial charge in [-0.2, -0.15) is 0 Å². The molecule has 2 N–H and O–H groups in total.